The maximum absolute atomic E-state index is 5.35. The van der Waals surface area contributed by atoms with Crippen LogP contribution < -0.4 is 5.32 Å². The molecule has 1 atom stereocenters. The smallest absolute Gasteiger partial charge is 0.103 e. The van der Waals surface area contributed by atoms with Gasteiger partial charge in [-0.2, -0.15) is 5.10 Å². The summed E-state index contributed by atoms with van der Waals surface area (Å²) in [6.07, 6.45) is 5.63. The molecule has 2 aromatic heterocycles. The van der Waals surface area contributed by atoms with E-state index in [0.29, 0.717) is 6.04 Å². The lowest BCUT2D eigenvalue weighted by Gasteiger charge is -2.14. The summed E-state index contributed by atoms with van der Waals surface area (Å²) < 4.78 is 7.19. The van der Waals surface area contributed by atoms with Crippen LogP contribution in [0.4, 0.5) is 0 Å². The van der Waals surface area contributed by atoms with Gasteiger partial charge >= 0.3 is 0 Å². The third kappa shape index (κ3) is 3.20. The number of hydrogen-bond donors (Lipinski definition) is 1. The Bertz CT molecular complexity index is 433. The van der Waals surface area contributed by atoms with Gasteiger partial charge in [-0.3, -0.25) is 4.68 Å². The molecule has 2 heterocycles. The fraction of sp³-hybridized carbons (Fsp3) is 0.462. The van der Waals surface area contributed by atoms with Crippen LogP contribution in [0.3, 0.4) is 0 Å². The molecule has 4 heteroatoms. The van der Waals surface area contributed by atoms with E-state index < -0.39 is 0 Å². The monoisotopic (exact) mass is 233 g/mol. The Morgan fingerprint density at radius 3 is 2.94 bits per heavy atom. The Kier molecular flexibility index (Phi) is 3.98. The summed E-state index contributed by atoms with van der Waals surface area (Å²) >= 11 is 0. The molecular weight excluding hydrogens is 214 g/mol. The molecule has 0 aliphatic carbocycles. The first-order valence-corrected chi connectivity index (χ1v) is 6.05. The molecule has 0 saturated carbocycles. The van der Waals surface area contributed by atoms with Gasteiger partial charge in [0.2, 0.25) is 0 Å². The molecule has 2 rings (SSSR count). The summed E-state index contributed by atoms with van der Waals surface area (Å²) in [4.78, 5) is 0. The molecule has 1 unspecified atom stereocenters. The average molecular weight is 233 g/mol. The van der Waals surface area contributed by atoms with E-state index in [1.807, 2.05) is 30.1 Å². The maximum atomic E-state index is 5.35. The van der Waals surface area contributed by atoms with Gasteiger partial charge in [0.25, 0.3) is 0 Å². The third-order valence-corrected chi connectivity index (χ3v) is 2.80. The minimum atomic E-state index is 0.297. The lowest BCUT2D eigenvalue weighted by molar-refractivity contribution is 0.451. The van der Waals surface area contributed by atoms with Gasteiger partial charge in [-0.05, 0) is 31.2 Å². The lowest BCUT2D eigenvalue weighted by atomic mass is 10.1. The van der Waals surface area contributed by atoms with Crippen LogP contribution in [0.15, 0.2) is 35.1 Å². The maximum Gasteiger partial charge on any atom is 0.103 e. The summed E-state index contributed by atoms with van der Waals surface area (Å²) in [6, 6.07) is 6.31. The van der Waals surface area contributed by atoms with Crippen LogP contribution in [0.2, 0.25) is 0 Å². The molecule has 0 saturated heterocycles. The van der Waals surface area contributed by atoms with Crippen molar-refractivity contribution in [1.82, 2.24) is 15.1 Å². The van der Waals surface area contributed by atoms with Crippen LogP contribution in [0, 0.1) is 0 Å². The van der Waals surface area contributed by atoms with Gasteiger partial charge in [-0.25, -0.2) is 0 Å². The Balaban J connectivity index is 1.97. The van der Waals surface area contributed by atoms with E-state index in [-0.39, 0.29) is 0 Å². The molecule has 0 aromatic carbocycles. The zero-order valence-corrected chi connectivity index (χ0v) is 10.4. The molecular formula is C13H19N3O. The highest BCUT2D eigenvalue weighted by molar-refractivity contribution is 5.07. The van der Waals surface area contributed by atoms with Crippen LogP contribution in [0.1, 0.15) is 30.8 Å². The van der Waals surface area contributed by atoms with E-state index >= 15 is 0 Å². The number of nitrogens with zero attached hydrogens (tertiary/aromatic N) is 2. The highest BCUT2D eigenvalue weighted by Gasteiger charge is 2.13. The highest BCUT2D eigenvalue weighted by Crippen LogP contribution is 2.17. The molecule has 1 N–H and O–H groups in total. The molecule has 92 valence electrons. The molecule has 0 amide bonds. The standard InChI is InChI=1S/C13H19N3O/c1-3-14-12(13-8-9-16(2)15-13)7-6-11-5-4-10-17-11/h4-5,8-10,12,14H,3,6-7H2,1-2H3. The van der Waals surface area contributed by atoms with Crippen molar-refractivity contribution in [2.45, 2.75) is 25.8 Å². The fourth-order valence-electron chi connectivity index (χ4n) is 1.96. The number of aromatic nitrogens is 2. The SMILES string of the molecule is CCNC(CCc1ccco1)c1ccn(C)n1. The number of aryl methyl sites for hydroxylation is 2. The molecule has 0 fully saturated rings. The van der Waals surface area contributed by atoms with Crippen LogP contribution in [-0.4, -0.2) is 16.3 Å². The van der Waals surface area contributed by atoms with Crippen LogP contribution in [-0.2, 0) is 13.5 Å². The topological polar surface area (TPSA) is 43.0 Å². The molecule has 17 heavy (non-hydrogen) atoms. The second kappa shape index (κ2) is 5.68. The second-order valence-electron chi connectivity index (χ2n) is 4.14. The second-order valence-corrected chi connectivity index (χ2v) is 4.14. The van der Waals surface area contributed by atoms with Crippen molar-refractivity contribution < 1.29 is 4.42 Å². The van der Waals surface area contributed by atoms with Crippen molar-refractivity contribution in [3.8, 4) is 0 Å². The summed E-state index contributed by atoms with van der Waals surface area (Å²) in [7, 11) is 1.94. The molecule has 2 aromatic rings. The van der Waals surface area contributed by atoms with Crippen molar-refractivity contribution in [3.05, 3.63) is 42.1 Å². The molecule has 0 aliphatic heterocycles. The largest absolute Gasteiger partial charge is 0.469 e. The molecule has 0 spiro atoms. The Labute approximate surface area is 102 Å². The predicted molar refractivity (Wildman–Crippen MR) is 66.7 cm³/mol. The molecule has 0 bridgehead atoms. The molecule has 0 radical (unpaired) electrons. The van der Waals surface area contributed by atoms with Crippen molar-refractivity contribution >= 4 is 0 Å². The van der Waals surface area contributed by atoms with Crippen molar-refractivity contribution in [2.24, 2.45) is 7.05 Å². The number of hydrogen-bond acceptors (Lipinski definition) is 3. The van der Waals surface area contributed by atoms with Crippen LogP contribution in [0.5, 0.6) is 0 Å². The molecule has 4 nitrogen and oxygen atoms in total. The van der Waals surface area contributed by atoms with Gasteiger partial charge in [-0.1, -0.05) is 6.92 Å². The summed E-state index contributed by atoms with van der Waals surface area (Å²) in [5.41, 5.74) is 1.10. The van der Waals surface area contributed by atoms with E-state index in [1.54, 1.807) is 6.26 Å². The first-order chi connectivity index (χ1) is 8.29. The lowest BCUT2D eigenvalue weighted by Crippen LogP contribution is -2.22. The summed E-state index contributed by atoms with van der Waals surface area (Å²) in [5.74, 6) is 1.03. The van der Waals surface area contributed by atoms with Crippen molar-refractivity contribution in [2.75, 3.05) is 6.54 Å². The van der Waals surface area contributed by atoms with Gasteiger partial charge in [0.05, 0.1) is 18.0 Å². The van der Waals surface area contributed by atoms with Crippen molar-refractivity contribution in [1.29, 1.82) is 0 Å². The first-order valence-electron chi connectivity index (χ1n) is 6.05. The minimum Gasteiger partial charge on any atom is -0.469 e. The number of rotatable bonds is 6. The van der Waals surface area contributed by atoms with E-state index in [9.17, 15) is 0 Å². The highest BCUT2D eigenvalue weighted by atomic mass is 16.3. The Hall–Kier alpha value is -1.55. The van der Waals surface area contributed by atoms with Gasteiger partial charge < -0.3 is 9.73 Å². The fourth-order valence-corrected chi connectivity index (χ4v) is 1.96. The average Bonchev–Trinajstić information content (AvgIpc) is 2.95. The van der Waals surface area contributed by atoms with Gasteiger partial charge in [0.1, 0.15) is 5.76 Å². The zero-order valence-electron chi connectivity index (χ0n) is 10.4. The number of furan rings is 1. The zero-order chi connectivity index (χ0) is 12.1. The normalized spacial score (nSPS) is 12.8. The van der Waals surface area contributed by atoms with E-state index in [0.717, 1.165) is 30.8 Å². The summed E-state index contributed by atoms with van der Waals surface area (Å²) in [6.45, 7) is 3.06. The third-order valence-electron chi connectivity index (χ3n) is 2.80. The number of nitrogens with one attached hydrogen (secondary N) is 1. The van der Waals surface area contributed by atoms with Crippen LogP contribution in [0.25, 0.3) is 0 Å². The summed E-state index contributed by atoms with van der Waals surface area (Å²) in [5, 5.41) is 7.91. The van der Waals surface area contributed by atoms with Gasteiger partial charge in [-0.15, -0.1) is 0 Å². The Morgan fingerprint density at radius 1 is 1.47 bits per heavy atom. The van der Waals surface area contributed by atoms with Crippen LogP contribution >= 0.6 is 0 Å². The van der Waals surface area contributed by atoms with Gasteiger partial charge in [0, 0.05) is 19.7 Å². The Morgan fingerprint density at radius 2 is 2.35 bits per heavy atom. The van der Waals surface area contributed by atoms with Gasteiger partial charge in [0.15, 0.2) is 0 Å². The predicted octanol–water partition coefficient (Wildman–Crippen LogP) is 2.30. The molecule has 0 aliphatic rings. The van der Waals surface area contributed by atoms with E-state index in [2.05, 4.69) is 23.4 Å². The van der Waals surface area contributed by atoms with E-state index in [1.165, 1.54) is 0 Å². The van der Waals surface area contributed by atoms with Crippen molar-refractivity contribution in [3.63, 3.8) is 0 Å². The minimum absolute atomic E-state index is 0.297. The first kappa shape index (κ1) is 11.9. The van der Waals surface area contributed by atoms with E-state index in [4.69, 9.17) is 4.42 Å². The quantitative estimate of drug-likeness (QED) is 0.832.